The summed E-state index contributed by atoms with van der Waals surface area (Å²) in [7, 11) is 0. The van der Waals surface area contributed by atoms with Crippen molar-refractivity contribution in [3.05, 3.63) is 53.1 Å². The first-order valence-corrected chi connectivity index (χ1v) is 9.46. The first kappa shape index (κ1) is 17.2. The summed E-state index contributed by atoms with van der Waals surface area (Å²) < 4.78 is 5.87. The molecule has 0 unspecified atom stereocenters. The second-order valence-electron chi connectivity index (χ2n) is 5.46. The molecule has 0 atom stereocenters. The van der Waals surface area contributed by atoms with Gasteiger partial charge in [0.15, 0.2) is 0 Å². The fourth-order valence-corrected chi connectivity index (χ4v) is 3.24. The SMILES string of the molecule is CSCCCOc1cc(C)c(-c2cccc(CCl)c2)c(C)c1. The van der Waals surface area contributed by atoms with E-state index in [-0.39, 0.29) is 0 Å². The molecule has 1 nitrogen and oxygen atoms in total. The van der Waals surface area contributed by atoms with Crippen LogP contribution in [0.25, 0.3) is 11.1 Å². The number of hydrogen-bond donors (Lipinski definition) is 0. The molecule has 2 rings (SSSR count). The molecule has 0 aliphatic carbocycles. The van der Waals surface area contributed by atoms with Crippen molar-refractivity contribution >= 4 is 23.4 Å². The zero-order chi connectivity index (χ0) is 15.9. The van der Waals surface area contributed by atoms with Gasteiger partial charge in [0.2, 0.25) is 0 Å². The van der Waals surface area contributed by atoms with Gasteiger partial charge in [0.25, 0.3) is 0 Å². The van der Waals surface area contributed by atoms with Crippen LogP contribution < -0.4 is 4.74 Å². The Hall–Kier alpha value is -1.12. The zero-order valence-electron chi connectivity index (χ0n) is 13.5. The summed E-state index contributed by atoms with van der Waals surface area (Å²) in [5.74, 6) is 2.65. The Morgan fingerprint density at radius 1 is 1.09 bits per heavy atom. The van der Waals surface area contributed by atoms with E-state index in [0.717, 1.165) is 30.1 Å². The first-order chi connectivity index (χ1) is 10.7. The molecule has 0 saturated heterocycles. The summed E-state index contributed by atoms with van der Waals surface area (Å²) in [6.07, 6.45) is 3.21. The molecule has 2 aromatic rings. The predicted octanol–water partition coefficient (Wildman–Crippen LogP) is 5.84. The number of rotatable bonds is 7. The van der Waals surface area contributed by atoms with Gasteiger partial charge in [-0.1, -0.05) is 18.2 Å². The van der Waals surface area contributed by atoms with E-state index in [1.165, 1.54) is 22.3 Å². The number of ether oxygens (including phenoxy) is 1. The number of thioether (sulfide) groups is 1. The van der Waals surface area contributed by atoms with Crippen LogP contribution >= 0.6 is 23.4 Å². The Morgan fingerprint density at radius 3 is 2.45 bits per heavy atom. The molecule has 0 amide bonds. The molecule has 2 aromatic carbocycles. The van der Waals surface area contributed by atoms with Gasteiger partial charge in [-0.15, -0.1) is 11.6 Å². The lowest BCUT2D eigenvalue weighted by molar-refractivity contribution is 0.318. The minimum absolute atomic E-state index is 0.544. The van der Waals surface area contributed by atoms with Gasteiger partial charge in [0.05, 0.1) is 6.61 Å². The maximum atomic E-state index is 5.95. The number of halogens is 1. The van der Waals surface area contributed by atoms with E-state index in [0.29, 0.717) is 5.88 Å². The second-order valence-corrected chi connectivity index (χ2v) is 6.71. The van der Waals surface area contributed by atoms with Crippen LogP contribution in [0.15, 0.2) is 36.4 Å². The molecule has 0 N–H and O–H groups in total. The number of aryl methyl sites for hydroxylation is 2. The van der Waals surface area contributed by atoms with Crippen LogP contribution in [0.1, 0.15) is 23.1 Å². The van der Waals surface area contributed by atoms with E-state index in [1.54, 1.807) is 0 Å². The number of benzene rings is 2. The van der Waals surface area contributed by atoms with Gasteiger partial charge in [0.1, 0.15) is 5.75 Å². The minimum Gasteiger partial charge on any atom is -0.494 e. The van der Waals surface area contributed by atoms with Gasteiger partial charge in [0, 0.05) is 5.88 Å². The summed E-state index contributed by atoms with van der Waals surface area (Å²) >= 11 is 7.81. The summed E-state index contributed by atoms with van der Waals surface area (Å²) in [6.45, 7) is 5.07. The molecule has 22 heavy (non-hydrogen) atoms. The molecule has 0 radical (unpaired) electrons. The van der Waals surface area contributed by atoms with Crippen molar-refractivity contribution in [3.63, 3.8) is 0 Å². The van der Waals surface area contributed by atoms with E-state index in [1.807, 2.05) is 11.8 Å². The van der Waals surface area contributed by atoms with Crippen molar-refractivity contribution in [2.75, 3.05) is 18.6 Å². The Balaban J connectivity index is 2.22. The third-order valence-electron chi connectivity index (χ3n) is 3.64. The molecule has 0 saturated carbocycles. The van der Waals surface area contributed by atoms with Crippen LogP contribution in [0.4, 0.5) is 0 Å². The molecular weight excluding hydrogens is 312 g/mol. The van der Waals surface area contributed by atoms with E-state index in [2.05, 4.69) is 56.5 Å². The van der Waals surface area contributed by atoms with Crippen LogP contribution in [0.3, 0.4) is 0 Å². The van der Waals surface area contributed by atoms with Crippen LogP contribution in [-0.4, -0.2) is 18.6 Å². The highest BCUT2D eigenvalue weighted by molar-refractivity contribution is 7.98. The van der Waals surface area contributed by atoms with Crippen molar-refractivity contribution < 1.29 is 4.74 Å². The van der Waals surface area contributed by atoms with Gasteiger partial charge < -0.3 is 4.74 Å². The van der Waals surface area contributed by atoms with Crippen molar-refractivity contribution in [2.45, 2.75) is 26.1 Å². The van der Waals surface area contributed by atoms with Crippen molar-refractivity contribution in [2.24, 2.45) is 0 Å². The van der Waals surface area contributed by atoms with Crippen molar-refractivity contribution in [3.8, 4) is 16.9 Å². The normalized spacial score (nSPS) is 10.7. The highest BCUT2D eigenvalue weighted by Crippen LogP contribution is 2.31. The largest absolute Gasteiger partial charge is 0.494 e. The molecular formula is C19H23ClOS. The van der Waals surface area contributed by atoms with Gasteiger partial charge in [-0.05, 0) is 78.3 Å². The minimum atomic E-state index is 0.544. The summed E-state index contributed by atoms with van der Waals surface area (Å²) in [5.41, 5.74) is 6.14. The standard InChI is InChI=1S/C19H23ClOS/c1-14-10-18(21-8-5-9-22-3)11-15(2)19(14)17-7-4-6-16(12-17)13-20/h4,6-7,10-12H,5,8-9,13H2,1-3H3. The van der Waals surface area contributed by atoms with Crippen LogP contribution in [0, 0.1) is 13.8 Å². The maximum absolute atomic E-state index is 5.95. The molecule has 3 heteroatoms. The predicted molar refractivity (Wildman–Crippen MR) is 99.4 cm³/mol. The van der Waals surface area contributed by atoms with Crippen LogP contribution in [0.5, 0.6) is 5.75 Å². The Kier molecular flexibility index (Phi) is 6.66. The van der Waals surface area contributed by atoms with E-state index >= 15 is 0 Å². The lowest BCUT2D eigenvalue weighted by Crippen LogP contribution is -2.00. The van der Waals surface area contributed by atoms with E-state index in [9.17, 15) is 0 Å². The monoisotopic (exact) mass is 334 g/mol. The molecule has 0 fully saturated rings. The summed E-state index contributed by atoms with van der Waals surface area (Å²) in [5, 5.41) is 0. The summed E-state index contributed by atoms with van der Waals surface area (Å²) in [4.78, 5) is 0. The maximum Gasteiger partial charge on any atom is 0.119 e. The van der Waals surface area contributed by atoms with Crippen LogP contribution in [0.2, 0.25) is 0 Å². The summed E-state index contributed by atoms with van der Waals surface area (Å²) in [6, 6.07) is 12.7. The Bertz CT molecular complexity index is 602. The van der Waals surface area contributed by atoms with E-state index < -0.39 is 0 Å². The molecule has 0 heterocycles. The van der Waals surface area contributed by atoms with Gasteiger partial charge in [-0.3, -0.25) is 0 Å². The quantitative estimate of drug-likeness (QED) is 0.464. The van der Waals surface area contributed by atoms with Gasteiger partial charge >= 0.3 is 0 Å². The average molecular weight is 335 g/mol. The molecule has 0 aliphatic heterocycles. The molecule has 0 aromatic heterocycles. The lowest BCUT2D eigenvalue weighted by Gasteiger charge is -2.14. The van der Waals surface area contributed by atoms with Gasteiger partial charge in [-0.2, -0.15) is 11.8 Å². The highest BCUT2D eigenvalue weighted by atomic mass is 35.5. The lowest BCUT2D eigenvalue weighted by atomic mass is 9.94. The number of alkyl halides is 1. The van der Waals surface area contributed by atoms with Gasteiger partial charge in [-0.25, -0.2) is 0 Å². The zero-order valence-corrected chi connectivity index (χ0v) is 15.1. The number of hydrogen-bond acceptors (Lipinski definition) is 2. The molecule has 0 aliphatic rings. The molecule has 118 valence electrons. The highest BCUT2D eigenvalue weighted by Gasteiger charge is 2.09. The van der Waals surface area contributed by atoms with Crippen LogP contribution in [-0.2, 0) is 5.88 Å². The average Bonchev–Trinajstić information content (AvgIpc) is 2.51. The second kappa shape index (κ2) is 8.50. The fourth-order valence-electron chi connectivity index (χ4n) is 2.67. The Morgan fingerprint density at radius 2 is 1.82 bits per heavy atom. The smallest absolute Gasteiger partial charge is 0.119 e. The molecule has 0 spiro atoms. The first-order valence-electron chi connectivity index (χ1n) is 7.54. The third-order valence-corrected chi connectivity index (χ3v) is 4.64. The van der Waals surface area contributed by atoms with Crippen molar-refractivity contribution in [1.29, 1.82) is 0 Å². The van der Waals surface area contributed by atoms with Crippen molar-refractivity contribution in [1.82, 2.24) is 0 Å². The third kappa shape index (κ3) is 4.44. The topological polar surface area (TPSA) is 9.23 Å². The molecule has 0 bridgehead atoms. The Labute approximate surface area is 143 Å². The van der Waals surface area contributed by atoms with E-state index in [4.69, 9.17) is 16.3 Å². The fraction of sp³-hybridized carbons (Fsp3) is 0.368.